The highest BCUT2D eigenvalue weighted by atomic mass is 32.2. The summed E-state index contributed by atoms with van der Waals surface area (Å²) >= 11 is -2.06. The summed E-state index contributed by atoms with van der Waals surface area (Å²) in [5.41, 5.74) is -0.571. The van der Waals surface area contributed by atoms with Gasteiger partial charge in [-0.05, 0) is 24.4 Å². The first-order valence-corrected chi connectivity index (χ1v) is 8.53. The highest BCUT2D eigenvalue weighted by Crippen LogP contribution is 2.21. The molecule has 0 aromatic rings. The van der Waals surface area contributed by atoms with Crippen LogP contribution >= 0.6 is 0 Å². The van der Waals surface area contributed by atoms with E-state index in [1.807, 2.05) is 27.7 Å². The second-order valence-electron chi connectivity index (χ2n) is 6.38. The Morgan fingerprint density at radius 1 is 1.26 bits per heavy atom. The number of ether oxygens (including phenoxy) is 1. The second kappa shape index (κ2) is 7.73. The van der Waals surface area contributed by atoms with Gasteiger partial charge in [-0.3, -0.25) is 4.21 Å². The van der Waals surface area contributed by atoms with Gasteiger partial charge in [0.05, 0.1) is 13.2 Å². The molecule has 19 heavy (non-hydrogen) atoms. The van der Waals surface area contributed by atoms with Gasteiger partial charge >= 0.3 is 0 Å². The summed E-state index contributed by atoms with van der Waals surface area (Å²) in [6, 6.07) is 0. The number of hydrogen-bond acceptors (Lipinski definition) is 5. The van der Waals surface area contributed by atoms with Gasteiger partial charge in [-0.25, -0.2) is 10.6 Å². The van der Waals surface area contributed by atoms with Gasteiger partial charge in [-0.1, -0.05) is 38.8 Å². The van der Waals surface area contributed by atoms with E-state index >= 15 is 0 Å². The van der Waals surface area contributed by atoms with Gasteiger partial charge < -0.3 is 17.8 Å². The zero-order valence-electron chi connectivity index (χ0n) is 12.4. The van der Waals surface area contributed by atoms with Crippen molar-refractivity contribution < 1.29 is 17.7 Å². The Bertz CT molecular complexity index is 370. The summed E-state index contributed by atoms with van der Waals surface area (Å²) in [7, 11) is 0.504. The lowest BCUT2D eigenvalue weighted by molar-refractivity contribution is 0.0177. The third-order valence-corrected chi connectivity index (χ3v) is 4.33. The summed E-state index contributed by atoms with van der Waals surface area (Å²) in [6.07, 6.45) is 0. The zero-order valence-corrected chi connectivity index (χ0v) is 14.1. The van der Waals surface area contributed by atoms with Crippen LogP contribution in [0.15, 0.2) is 0 Å². The van der Waals surface area contributed by atoms with Crippen LogP contribution in [0.4, 0.5) is 0 Å². The Balaban J connectivity index is 4.21. The zero-order chi connectivity index (χ0) is 15.3. The molecule has 0 aliphatic heterocycles. The number of nitrogens with zero attached hydrogens (tertiary/aromatic N) is 1. The molecule has 1 unspecified atom stereocenters. The van der Waals surface area contributed by atoms with Crippen molar-refractivity contribution in [3.63, 3.8) is 0 Å². The van der Waals surface area contributed by atoms with E-state index in [1.165, 1.54) is 0 Å². The molecule has 0 aliphatic carbocycles. The fourth-order valence-electron chi connectivity index (χ4n) is 1.68. The Hall–Kier alpha value is 0.0500. The molecule has 0 amide bonds. The Morgan fingerprint density at radius 3 is 2.16 bits per heavy atom. The summed E-state index contributed by atoms with van der Waals surface area (Å²) in [4.78, 5) is 0. The largest absolute Gasteiger partial charge is 0.772 e. The lowest BCUT2D eigenvalue weighted by Crippen LogP contribution is -2.35. The Labute approximate surface area is 121 Å². The van der Waals surface area contributed by atoms with Crippen LogP contribution in [0.1, 0.15) is 27.7 Å². The monoisotopic (exact) mass is 311 g/mol. The average Bonchev–Trinajstić information content (AvgIpc) is 2.12. The molecule has 0 heterocycles. The van der Waals surface area contributed by atoms with E-state index in [0.717, 1.165) is 0 Å². The third kappa shape index (κ3) is 9.56. The molecule has 0 rings (SSSR count). The predicted octanol–water partition coefficient (Wildman–Crippen LogP) is 1.18. The molecule has 0 bridgehead atoms. The molecule has 0 saturated heterocycles. The van der Waals surface area contributed by atoms with Crippen molar-refractivity contribution in [3.05, 3.63) is 0 Å². The molecule has 0 aromatic heterocycles. The van der Waals surface area contributed by atoms with Gasteiger partial charge in [-0.15, -0.1) is 0 Å². The summed E-state index contributed by atoms with van der Waals surface area (Å²) < 4.78 is 39.9. The Kier molecular flexibility index (Phi) is 7.75. The molecule has 1 atom stereocenters. The maximum Gasteiger partial charge on any atom is 0.0529 e. The topological polar surface area (TPSA) is 69.7 Å². The molecule has 116 valence electrons. The molecule has 0 fully saturated rings. The lowest BCUT2D eigenvalue weighted by Gasteiger charge is -2.34. The molecule has 0 spiro atoms. The van der Waals surface area contributed by atoms with Gasteiger partial charge in [0.1, 0.15) is 0 Å². The second-order valence-corrected chi connectivity index (χ2v) is 8.54. The first-order chi connectivity index (χ1) is 8.45. The van der Waals surface area contributed by atoms with Gasteiger partial charge in [0.15, 0.2) is 0 Å². The van der Waals surface area contributed by atoms with Gasteiger partial charge in [0.2, 0.25) is 0 Å². The van der Waals surface area contributed by atoms with Gasteiger partial charge in [0.25, 0.3) is 0 Å². The minimum absolute atomic E-state index is 0.0796. The van der Waals surface area contributed by atoms with Crippen LogP contribution < -0.4 is 0 Å². The highest BCUT2D eigenvalue weighted by Gasteiger charge is 2.23. The van der Waals surface area contributed by atoms with Crippen LogP contribution in [-0.4, -0.2) is 51.5 Å². The first kappa shape index (κ1) is 19.1. The number of rotatable bonds is 9. The minimum atomic E-state index is -2.06. The van der Waals surface area contributed by atoms with Crippen molar-refractivity contribution in [2.75, 3.05) is 32.6 Å². The fourth-order valence-corrected chi connectivity index (χ4v) is 2.90. The number of hydrogen-bond donors (Lipinski definition) is 0. The quantitative estimate of drug-likeness (QED) is 0.364. The van der Waals surface area contributed by atoms with E-state index in [4.69, 9.17) is 4.74 Å². The van der Waals surface area contributed by atoms with Crippen molar-refractivity contribution in [1.82, 2.24) is 4.31 Å². The van der Waals surface area contributed by atoms with Crippen molar-refractivity contribution in [2.24, 2.45) is 10.8 Å². The molecular formula is C12H25NO4S2-2. The van der Waals surface area contributed by atoms with Crippen molar-refractivity contribution in [3.8, 4) is 0 Å². The van der Waals surface area contributed by atoms with Crippen molar-refractivity contribution >= 4 is 27.5 Å². The molecule has 0 radical (unpaired) electrons. The predicted molar refractivity (Wildman–Crippen MR) is 80.0 cm³/mol. The van der Waals surface area contributed by atoms with E-state index < -0.39 is 27.1 Å². The van der Waals surface area contributed by atoms with E-state index in [2.05, 4.69) is 5.87 Å². The van der Waals surface area contributed by atoms with Crippen LogP contribution in [0.3, 0.4) is 0 Å². The maximum atomic E-state index is 11.2. The molecular weight excluding hydrogens is 286 g/mol. The molecule has 0 N–H and O–H groups in total. The van der Waals surface area contributed by atoms with Gasteiger partial charge in [-0.2, -0.15) is 5.87 Å². The Morgan fingerprint density at radius 2 is 1.74 bits per heavy atom. The van der Waals surface area contributed by atoms with E-state index in [0.29, 0.717) is 19.8 Å². The first-order valence-electron chi connectivity index (χ1n) is 6.01. The van der Waals surface area contributed by atoms with Crippen LogP contribution in [0, 0.1) is 10.8 Å². The molecule has 5 nitrogen and oxygen atoms in total. The highest BCUT2D eigenvalue weighted by molar-refractivity contribution is 7.80. The van der Waals surface area contributed by atoms with Crippen molar-refractivity contribution in [2.45, 2.75) is 27.7 Å². The maximum absolute atomic E-state index is 11.2. The summed E-state index contributed by atoms with van der Waals surface area (Å²) in [5, 5.41) is 0. The summed E-state index contributed by atoms with van der Waals surface area (Å²) in [6.45, 7) is 9.17. The average molecular weight is 311 g/mol. The van der Waals surface area contributed by atoms with E-state index in [1.54, 1.807) is 11.4 Å². The van der Waals surface area contributed by atoms with Crippen LogP contribution in [0.25, 0.3) is 0 Å². The van der Waals surface area contributed by atoms with Crippen molar-refractivity contribution in [1.29, 1.82) is 0 Å². The smallest absolute Gasteiger partial charge is 0.0529 e. The molecule has 7 heteroatoms. The van der Waals surface area contributed by atoms with Gasteiger partial charge in [0, 0.05) is 5.75 Å². The SMILES string of the molecule is C=[S-](=O)N(C)CC(C)(C)COCC(C)(C)CS(=O)[O-]. The van der Waals surface area contributed by atoms with Crippen LogP contribution in [0.5, 0.6) is 0 Å². The summed E-state index contributed by atoms with van der Waals surface area (Å²) in [5.74, 6) is 3.54. The fraction of sp³-hybridized carbons (Fsp3) is 0.917. The molecule has 0 aliphatic rings. The molecule has 0 aromatic carbocycles. The van der Waals surface area contributed by atoms with Crippen LogP contribution in [-0.2, 0) is 30.6 Å². The normalized spacial score (nSPS) is 15.2. The van der Waals surface area contributed by atoms with E-state index in [-0.39, 0.29) is 11.2 Å². The van der Waals surface area contributed by atoms with E-state index in [9.17, 15) is 13.0 Å². The lowest BCUT2D eigenvalue weighted by atomic mass is 9.94. The molecule has 0 saturated carbocycles. The minimum Gasteiger partial charge on any atom is -0.772 e. The standard InChI is InChI=1S/C12H26NO4S2/c1-11(2,7-13(5)18(6)14)8-17-9-12(3,4)10-19(15)16/h6-10H2,1-5H3,(H,15,16)/q-1/p-1. The van der Waals surface area contributed by atoms with Crippen LogP contribution in [0.2, 0.25) is 0 Å². The third-order valence-electron chi connectivity index (χ3n) is 2.49.